The van der Waals surface area contributed by atoms with E-state index in [0.717, 1.165) is 17.0 Å². The molecular formula is C21H19N3O6. The Labute approximate surface area is 171 Å². The van der Waals surface area contributed by atoms with Crippen LogP contribution in [0.1, 0.15) is 51.3 Å². The minimum absolute atomic E-state index is 0.0293. The molecule has 1 aliphatic rings. The molecule has 154 valence electrons. The van der Waals surface area contributed by atoms with Crippen molar-refractivity contribution in [3.63, 3.8) is 0 Å². The van der Waals surface area contributed by atoms with Crippen molar-refractivity contribution in [1.82, 2.24) is 4.90 Å². The number of rotatable bonds is 7. The number of nitrogens with zero attached hydrogens (tertiary/aromatic N) is 2. The summed E-state index contributed by atoms with van der Waals surface area (Å²) in [6.45, 7) is 3.37. The lowest BCUT2D eigenvalue weighted by Crippen LogP contribution is -2.34. The number of Topliss-reactive ketones (excluding diaryl/α,β-unsaturated/α-hetero) is 1. The third kappa shape index (κ3) is 4.24. The zero-order valence-electron chi connectivity index (χ0n) is 16.4. The normalized spacial score (nSPS) is 12.8. The number of hydrogen-bond acceptors (Lipinski definition) is 6. The molecule has 1 heterocycles. The number of amides is 3. The molecule has 0 saturated carbocycles. The summed E-state index contributed by atoms with van der Waals surface area (Å²) >= 11 is 0. The van der Waals surface area contributed by atoms with Crippen molar-refractivity contribution >= 4 is 34.9 Å². The van der Waals surface area contributed by atoms with Crippen molar-refractivity contribution in [2.75, 3.05) is 11.9 Å². The summed E-state index contributed by atoms with van der Waals surface area (Å²) in [5, 5.41) is 13.6. The van der Waals surface area contributed by atoms with E-state index in [1.807, 2.05) is 13.8 Å². The van der Waals surface area contributed by atoms with Crippen LogP contribution in [0.5, 0.6) is 0 Å². The maximum Gasteiger partial charge on any atom is 0.270 e. The van der Waals surface area contributed by atoms with E-state index in [1.54, 1.807) is 12.1 Å². The molecule has 0 aromatic heterocycles. The fourth-order valence-electron chi connectivity index (χ4n) is 3.09. The zero-order chi connectivity index (χ0) is 22.0. The summed E-state index contributed by atoms with van der Waals surface area (Å²) < 4.78 is 0. The Morgan fingerprint density at radius 2 is 1.67 bits per heavy atom. The van der Waals surface area contributed by atoms with Crippen LogP contribution >= 0.6 is 0 Å². The fraction of sp³-hybridized carbons (Fsp3) is 0.238. The maximum absolute atomic E-state index is 12.6. The van der Waals surface area contributed by atoms with Gasteiger partial charge >= 0.3 is 0 Å². The second kappa shape index (κ2) is 8.24. The third-order valence-electron chi connectivity index (χ3n) is 4.55. The molecule has 0 aliphatic carbocycles. The van der Waals surface area contributed by atoms with Gasteiger partial charge in [0.25, 0.3) is 17.5 Å². The second-order valence-electron chi connectivity index (χ2n) is 7.33. The molecule has 1 aliphatic heterocycles. The van der Waals surface area contributed by atoms with E-state index in [-0.39, 0.29) is 34.2 Å². The van der Waals surface area contributed by atoms with Crippen LogP contribution in [0.3, 0.4) is 0 Å². The van der Waals surface area contributed by atoms with Gasteiger partial charge in [-0.3, -0.25) is 34.2 Å². The number of fused-ring (bicyclic) bond motifs is 1. The number of nitro groups is 1. The average Bonchev–Trinajstić information content (AvgIpc) is 2.92. The van der Waals surface area contributed by atoms with Crippen LogP contribution in [0.4, 0.5) is 11.4 Å². The van der Waals surface area contributed by atoms with Gasteiger partial charge in [0.15, 0.2) is 5.78 Å². The van der Waals surface area contributed by atoms with Crippen molar-refractivity contribution in [3.8, 4) is 0 Å². The topological polar surface area (TPSA) is 127 Å². The highest BCUT2D eigenvalue weighted by Gasteiger charge is 2.37. The summed E-state index contributed by atoms with van der Waals surface area (Å²) in [6, 6.07) is 9.52. The Morgan fingerprint density at radius 3 is 2.27 bits per heavy atom. The fourth-order valence-corrected chi connectivity index (χ4v) is 3.09. The molecule has 3 rings (SSSR count). The number of hydrogen-bond donors (Lipinski definition) is 1. The Kier molecular flexibility index (Phi) is 5.72. The monoisotopic (exact) mass is 409 g/mol. The van der Waals surface area contributed by atoms with Crippen molar-refractivity contribution in [3.05, 3.63) is 69.3 Å². The van der Waals surface area contributed by atoms with Crippen molar-refractivity contribution in [2.24, 2.45) is 5.92 Å². The van der Waals surface area contributed by atoms with Crippen LogP contribution in [-0.2, 0) is 4.79 Å². The number of nitrogens with one attached hydrogen (secondary N) is 1. The van der Waals surface area contributed by atoms with Crippen molar-refractivity contribution in [1.29, 1.82) is 0 Å². The Morgan fingerprint density at radius 1 is 1.03 bits per heavy atom. The molecule has 30 heavy (non-hydrogen) atoms. The Bertz CT molecular complexity index is 1060. The molecule has 0 atom stereocenters. The van der Waals surface area contributed by atoms with Crippen molar-refractivity contribution < 1.29 is 24.1 Å². The summed E-state index contributed by atoms with van der Waals surface area (Å²) in [7, 11) is 0. The summed E-state index contributed by atoms with van der Waals surface area (Å²) in [6.07, 6.45) is 0.374. The lowest BCUT2D eigenvalue weighted by atomic mass is 10.1. The molecule has 0 radical (unpaired) electrons. The van der Waals surface area contributed by atoms with Crippen molar-refractivity contribution in [2.45, 2.75) is 20.3 Å². The highest BCUT2D eigenvalue weighted by atomic mass is 16.6. The first-order valence-corrected chi connectivity index (χ1v) is 9.25. The number of imide groups is 1. The molecule has 2 aromatic carbocycles. The van der Waals surface area contributed by atoms with Crippen LogP contribution in [0.2, 0.25) is 0 Å². The van der Waals surface area contributed by atoms with Gasteiger partial charge in [-0.1, -0.05) is 13.8 Å². The van der Waals surface area contributed by atoms with Gasteiger partial charge in [-0.15, -0.1) is 0 Å². The number of ketones is 1. The second-order valence-corrected chi connectivity index (χ2v) is 7.33. The number of nitro benzene ring substituents is 1. The molecular weight excluding hydrogens is 390 g/mol. The van der Waals surface area contributed by atoms with Gasteiger partial charge in [0.1, 0.15) is 0 Å². The smallest absolute Gasteiger partial charge is 0.270 e. The Balaban J connectivity index is 1.70. The van der Waals surface area contributed by atoms with Gasteiger partial charge in [-0.25, -0.2) is 0 Å². The van der Waals surface area contributed by atoms with E-state index in [9.17, 15) is 29.3 Å². The maximum atomic E-state index is 12.6. The molecule has 3 amide bonds. The van der Waals surface area contributed by atoms with Gasteiger partial charge in [0.05, 0.1) is 22.6 Å². The Hall–Kier alpha value is -3.88. The molecule has 0 fully saturated rings. The van der Waals surface area contributed by atoms with Crippen LogP contribution in [0, 0.1) is 16.0 Å². The largest absolute Gasteiger partial charge is 0.326 e. The molecule has 9 heteroatoms. The van der Waals surface area contributed by atoms with Crippen LogP contribution in [0.15, 0.2) is 42.5 Å². The van der Waals surface area contributed by atoms with E-state index < -0.39 is 29.1 Å². The number of carbonyl (C=O) groups is 4. The molecule has 0 spiro atoms. The first-order chi connectivity index (χ1) is 14.2. The number of benzene rings is 2. The van der Waals surface area contributed by atoms with Crippen LogP contribution in [-0.4, -0.2) is 39.9 Å². The first-order valence-electron chi connectivity index (χ1n) is 9.25. The van der Waals surface area contributed by atoms with E-state index in [4.69, 9.17) is 0 Å². The van der Waals surface area contributed by atoms with Crippen LogP contribution in [0.25, 0.3) is 0 Å². The molecule has 9 nitrogen and oxygen atoms in total. The predicted molar refractivity (Wildman–Crippen MR) is 107 cm³/mol. The zero-order valence-corrected chi connectivity index (χ0v) is 16.4. The molecule has 2 aromatic rings. The highest BCUT2D eigenvalue weighted by molar-refractivity contribution is 6.23. The highest BCUT2D eigenvalue weighted by Crippen LogP contribution is 2.27. The third-order valence-corrected chi connectivity index (χ3v) is 4.55. The lowest BCUT2D eigenvalue weighted by molar-refractivity contribution is -0.384. The summed E-state index contributed by atoms with van der Waals surface area (Å²) in [5.74, 6) is -1.81. The van der Waals surface area contributed by atoms with E-state index in [0.29, 0.717) is 12.1 Å². The van der Waals surface area contributed by atoms with Gasteiger partial charge in [0, 0.05) is 29.8 Å². The van der Waals surface area contributed by atoms with Gasteiger partial charge in [-0.2, -0.15) is 0 Å². The molecule has 0 unspecified atom stereocenters. The van der Waals surface area contributed by atoms with Gasteiger partial charge in [-0.05, 0) is 36.2 Å². The number of anilines is 1. The van der Waals surface area contributed by atoms with Gasteiger partial charge in [0.2, 0.25) is 5.91 Å². The minimum Gasteiger partial charge on any atom is -0.326 e. The standard InChI is InChI=1S/C21H19N3O6/c1-12(2)9-19(26)22-14-5-3-13(4-6-14)18(25)11-23-20(27)16-8-7-15(24(29)30)10-17(16)21(23)28/h3-8,10,12H,9,11H2,1-2H3,(H,22,26). The molecule has 0 bridgehead atoms. The number of non-ortho nitro benzene ring substituents is 1. The van der Waals surface area contributed by atoms with E-state index >= 15 is 0 Å². The first kappa shape index (κ1) is 20.8. The molecule has 1 N–H and O–H groups in total. The summed E-state index contributed by atoms with van der Waals surface area (Å²) in [5.41, 5.74) is 0.426. The SMILES string of the molecule is CC(C)CC(=O)Nc1ccc(C(=O)CN2C(=O)c3ccc([N+](=O)[O-])cc3C2=O)cc1. The predicted octanol–water partition coefficient (Wildman–Crippen LogP) is 3.06. The summed E-state index contributed by atoms with van der Waals surface area (Å²) in [4.78, 5) is 60.3. The molecule has 0 saturated heterocycles. The quantitative estimate of drug-likeness (QED) is 0.324. The van der Waals surface area contributed by atoms with E-state index in [2.05, 4.69) is 5.32 Å². The number of carbonyl (C=O) groups excluding carboxylic acids is 4. The van der Waals surface area contributed by atoms with Gasteiger partial charge < -0.3 is 5.32 Å². The lowest BCUT2D eigenvalue weighted by Gasteiger charge is -2.13. The average molecular weight is 409 g/mol. The van der Waals surface area contributed by atoms with E-state index in [1.165, 1.54) is 18.2 Å². The van der Waals surface area contributed by atoms with Crippen LogP contribution < -0.4 is 5.32 Å². The minimum atomic E-state index is -0.746.